The number of pyridine rings is 3. The van der Waals surface area contributed by atoms with Crippen molar-refractivity contribution < 1.29 is 9.47 Å². The smallest absolute Gasteiger partial charge is 0.213 e. The van der Waals surface area contributed by atoms with Gasteiger partial charge in [0.25, 0.3) is 0 Å². The number of ether oxygens (including phenoxy) is 2. The van der Waals surface area contributed by atoms with Gasteiger partial charge in [-0.3, -0.25) is 4.40 Å². The van der Waals surface area contributed by atoms with E-state index in [2.05, 4.69) is 25.5 Å². The second kappa shape index (κ2) is 6.24. The molecule has 0 atom stereocenters. The van der Waals surface area contributed by atoms with E-state index in [1.54, 1.807) is 26.6 Å². The Morgan fingerprint density at radius 1 is 0.760 bits per heavy atom. The lowest BCUT2D eigenvalue weighted by Crippen LogP contribution is -1.93. The zero-order valence-electron chi connectivity index (χ0n) is 13.9. The topological polar surface area (TPSA) is 61.5 Å². The molecule has 0 unspecified atom stereocenters. The normalized spacial score (nSPS) is 10.8. The van der Waals surface area contributed by atoms with Gasteiger partial charge in [-0.15, -0.1) is 0 Å². The van der Waals surface area contributed by atoms with Gasteiger partial charge in [0.2, 0.25) is 11.8 Å². The fraction of sp³-hybridized carbons (Fsp3) is 0.105. The van der Waals surface area contributed by atoms with E-state index < -0.39 is 0 Å². The molecule has 0 aliphatic carbocycles. The van der Waals surface area contributed by atoms with E-state index in [9.17, 15) is 0 Å². The minimum Gasteiger partial charge on any atom is -0.481 e. The van der Waals surface area contributed by atoms with Gasteiger partial charge in [-0.25, -0.2) is 15.0 Å². The SMILES string of the molecule is COc1cc(-c2ccc3ncc(-c4ccnc(OC)c4)n3c2)ccn1. The van der Waals surface area contributed by atoms with Crippen LogP contribution in [0.5, 0.6) is 11.8 Å². The Balaban J connectivity index is 1.84. The minimum atomic E-state index is 0.572. The summed E-state index contributed by atoms with van der Waals surface area (Å²) >= 11 is 0. The highest BCUT2D eigenvalue weighted by Crippen LogP contribution is 2.27. The number of fused-ring (bicyclic) bond motifs is 1. The summed E-state index contributed by atoms with van der Waals surface area (Å²) in [7, 11) is 3.22. The highest BCUT2D eigenvalue weighted by atomic mass is 16.5. The molecule has 124 valence electrons. The second-order valence-corrected chi connectivity index (χ2v) is 5.46. The van der Waals surface area contributed by atoms with Crippen molar-refractivity contribution in [1.82, 2.24) is 19.4 Å². The van der Waals surface area contributed by atoms with Crippen LogP contribution < -0.4 is 9.47 Å². The third-order valence-electron chi connectivity index (χ3n) is 4.02. The summed E-state index contributed by atoms with van der Waals surface area (Å²) in [5.74, 6) is 1.16. The third kappa shape index (κ3) is 2.78. The predicted octanol–water partition coefficient (Wildman–Crippen LogP) is 3.48. The van der Waals surface area contributed by atoms with Gasteiger partial charge in [0.05, 0.1) is 26.1 Å². The summed E-state index contributed by atoms with van der Waals surface area (Å²) in [5, 5.41) is 0. The maximum absolute atomic E-state index is 5.22. The quantitative estimate of drug-likeness (QED) is 0.572. The van der Waals surface area contributed by atoms with Crippen LogP contribution >= 0.6 is 0 Å². The Morgan fingerprint density at radius 3 is 2.16 bits per heavy atom. The number of aromatic nitrogens is 4. The summed E-state index contributed by atoms with van der Waals surface area (Å²) in [5.41, 5.74) is 4.91. The Morgan fingerprint density at radius 2 is 1.44 bits per heavy atom. The molecular formula is C19H16N4O2. The van der Waals surface area contributed by atoms with E-state index in [-0.39, 0.29) is 0 Å². The molecule has 6 nitrogen and oxygen atoms in total. The average Bonchev–Trinajstić information content (AvgIpc) is 3.11. The van der Waals surface area contributed by atoms with Crippen LogP contribution in [0, 0.1) is 0 Å². The lowest BCUT2D eigenvalue weighted by Gasteiger charge is -2.07. The van der Waals surface area contributed by atoms with Crippen LogP contribution in [0.1, 0.15) is 0 Å². The van der Waals surface area contributed by atoms with Gasteiger partial charge in [-0.2, -0.15) is 0 Å². The highest BCUT2D eigenvalue weighted by Gasteiger charge is 2.09. The van der Waals surface area contributed by atoms with E-state index in [0.29, 0.717) is 11.8 Å². The van der Waals surface area contributed by atoms with E-state index in [1.807, 2.05) is 42.6 Å². The van der Waals surface area contributed by atoms with Gasteiger partial charge in [0, 0.05) is 36.3 Å². The molecule has 0 bridgehead atoms. The maximum atomic E-state index is 5.22. The van der Waals surface area contributed by atoms with Crippen LogP contribution in [0.4, 0.5) is 0 Å². The molecule has 0 aromatic carbocycles. The van der Waals surface area contributed by atoms with Gasteiger partial charge in [-0.05, 0) is 35.4 Å². The van der Waals surface area contributed by atoms with Crippen LogP contribution in [-0.2, 0) is 0 Å². The van der Waals surface area contributed by atoms with Crippen molar-refractivity contribution in [2.75, 3.05) is 14.2 Å². The molecule has 4 rings (SSSR count). The summed E-state index contributed by atoms with van der Waals surface area (Å²) in [6.07, 6.45) is 7.37. The van der Waals surface area contributed by atoms with E-state index in [4.69, 9.17) is 9.47 Å². The maximum Gasteiger partial charge on any atom is 0.213 e. The fourth-order valence-electron chi connectivity index (χ4n) is 2.75. The highest BCUT2D eigenvalue weighted by molar-refractivity contribution is 5.69. The molecule has 0 fully saturated rings. The Bertz CT molecular complexity index is 1040. The van der Waals surface area contributed by atoms with Crippen molar-refractivity contribution in [1.29, 1.82) is 0 Å². The Labute approximate surface area is 144 Å². The first-order chi connectivity index (χ1) is 12.3. The van der Waals surface area contributed by atoms with Crippen LogP contribution in [-0.4, -0.2) is 33.6 Å². The molecule has 4 heterocycles. The van der Waals surface area contributed by atoms with Crippen molar-refractivity contribution >= 4 is 5.65 Å². The molecule has 0 saturated heterocycles. The molecule has 0 amide bonds. The summed E-state index contributed by atoms with van der Waals surface area (Å²) < 4.78 is 12.5. The largest absolute Gasteiger partial charge is 0.481 e. The molecule has 0 spiro atoms. The van der Waals surface area contributed by atoms with Crippen molar-refractivity contribution in [3.8, 4) is 34.1 Å². The number of hydrogen-bond acceptors (Lipinski definition) is 5. The van der Waals surface area contributed by atoms with E-state index >= 15 is 0 Å². The molecule has 0 radical (unpaired) electrons. The summed E-state index contributed by atoms with van der Waals surface area (Å²) in [6.45, 7) is 0. The molecule has 4 aromatic heterocycles. The molecule has 25 heavy (non-hydrogen) atoms. The van der Waals surface area contributed by atoms with Gasteiger partial charge in [-0.1, -0.05) is 0 Å². The standard InChI is InChI=1S/C19H16N4O2/c1-24-18-9-13(5-7-20-18)15-3-4-17-22-11-16(23(17)12-15)14-6-8-21-19(10-14)25-2/h3-12H,1-2H3. The molecule has 0 N–H and O–H groups in total. The van der Waals surface area contributed by atoms with Crippen LogP contribution in [0.2, 0.25) is 0 Å². The molecule has 0 aliphatic heterocycles. The first kappa shape index (κ1) is 15.1. The first-order valence-corrected chi connectivity index (χ1v) is 7.76. The average molecular weight is 332 g/mol. The van der Waals surface area contributed by atoms with Crippen molar-refractivity contribution in [2.24, 2.45) is 0 Å². The first-order valence-electron chi connectivity index (χ1n) is 7.76. The van der Waals surface area contributed by atoms with Crippen LogP contribution in [0.25, 0.3) is 28.0 Å². The zero-order valence-corrected chi connectivity index (χ0v) is 13.9. The second-order valence-electron chi connectivity index (χ2n) is 5.46. The summed E-state index contributed by atoms with van der Waals surface area (Å²) in [6, 6.07) is 11.7. The number of rotatable bonds is 4. The number of hydrogen-bond donors (Lipinski definition) is 0. The Hall–Kier alpha value is -3.41. The van der Waals surface area contributed by atoms with Gasteiger partial charge in [0.15, 0.2) is 0 Å². The molecule has 0 aliphatic rings. The third-order valence-corrected chi connectivity index (χ3v) is 4.02. The predicted molar refractivity (Wildman–Crippen MR) is 94.8 cm³/mol. The van der Waals surface area contributed by atoms with Crippen molar-refractivity contribution in [3.05, 3.63) is 61.2 Å². The number of nitrogens with zero attached hydrogens (tertiary/aromatic N) is 4. The molecular weight excluding hydrogens is 316 g/mol. The lowest BCUT2D eigenvalue weighted by molar-refractivity contribution is 0.398. The number of imidazole rings is 1. The fourth-order valence-corrected chi connectivity index (χ4v) is 2.75. The van der Waals surface area contributed by atoms with Gasteiger partial charge < -0.3 is 9.47 Å². The van der Waals surface area contributed by atoms with Crippen molar-refractivity contribution in [2.45, 2.75) is 0 Å². The Kier molecular flexibility index (Phi) is 3.78. The van der Waals surface area contributed by atoms with E-state index in [1.165, 1.54) is 0 Å². The molecule has 4 aromatic rings. The number of methoxy groups -OCH3 is 2. The van der Waals surface area contributed by atoms with E-state index in [0.717, 1.165) is 28.0 Å². The molecule has 0 saturated carbocycles. The monoisotopic (exact) mass is 332 g/mol. The van der Waals surface area contributed by atoms with Crippen LogP contribution in [0.15, 0.2) is 61.2 Å². The van der Waals surface area contributed by atoms with Crippen molar-refractivity contribution in [3.63, 3.8) is 0 Å². The summed E-state index contributed by atoms with van der Waals surface area (Å²) in [4.78, 5) is 12.8. The minimum absolute atomic E-state index is 0.572. The molecule has 6 heteroatoms. The van der Waals surface area contributed by atoms with Gasteiger partial charge in [0.1, 0.15) is 5.65 Å². The lowest BCUT2D eigenvalue weighted by atomic mass is 10.1. The van der Waals surface area contributed by atoms with Gasteiger partial charge >= 0.3 is 0 Å². The van der Waals surface area contributed by atoms with Crippen LogP contribution in [0.3, 0.4) is 0 Å². The zero-order chi connectivity index (χ0) is 17.2.